The Morgan fingerprint density at radius 1 is 1.33 bits per heavy atom. The molecule has 0 aliphatic heterocycles. The van der Waals surface area contributed by atoms with Crippen LogP contribution < -0.4 is 4.72 Å². The molecule has 1 fully saturated rings. The number of carbonyl (C=O) groups excluding carboxylic acids is 1. The second kappa shape index (κ2) is 5.70. The van der Waals surface area contributed by atoms with E-state index in [4.69, 9.17) is 4.74 Å². The van der Waals surface area contributed by atoms with E-state index in [1.165, 1.54) is 0 Å². The Bertz CT molecular complexity index is 334. The van der Waals surface area contributed by atoms with Crippen molar-refractivity contribution >= 4 is 17.0 Å². The monoisotopic (exact) mass is 275 g/mol. The molecule has 1 N–H and O–H groups in total. The van der Waals surface area contributed by atoms with Crippen molar-refractivity contribution in [2.24, 2.45) is 5.92 Å². The van der Waals surface area contributed by atoms with E-state index in [-0.39, 0.29) is 17.1 Å². The third kappa shape index (κ3) is 4.35. The lowest BCUT2D eigenvalue weighted by atomic mass is 9.93. The molecule has 0 aromatic heterocycles. The van der Waals surface area contributed by atoms with Gasteiger partial charge in [-0.15, -0.1) is 0 Å². The van der Waals surface area contributed by atoms with Crippen molar-refractivity contribution in [3.63, 3.8) is 0 Å². The molecule has 1 aliphatic rings. The van der Waals surface area contributed by atoms with Crippen molar-refractivity contribution in [1.29, 1.82) is 0 Å². The summed E-state index contributed by atoms with van der Waals surface area (Å²) in [5.41, 5.74) is -0.412. The molecule has 1 aliphatic carbocycles. The molecule has 0 bridgehead atoms. The van der Waals surface area contributed by atoms with Gasteiger partial charge < -0.3 is 4.74 Å². The third-order valence-corrected chi connectivity index (χ3v) is 4.94. The SMILES string of the molecule is CCOC(=O)C[C@@](C)(N[S@](=O)C(C)(C)C)C1CC1. The first-order valence-corrected chi connectivity index (χ1v) is 7.69. The van der Waals surface area contributed by atoms with Crippen molar-refractivity contribution in [3.05, 3.63) is 0 Å². The Morgan fingerprint density at radius 3 is 2.28 bits per heavy atom. The molecule has 2 atom stereocenters. The summed E-state index contributed by atoms with van der Waals surface area (Å²) in [7, 11) is -1.17. The maximum absolute atomic E-state index is 12.2. The van der Waals surface area contributed by atoms with Gasteiger partial charge in [-0.2, -0.15) is 0 Å². The first-order valence-electron chi connectivity index (χ1n) is 6.54. The van der Waals surface area contributed by atoms with Crippen molar-refractivity contribution in [3.8, 4) is 0 Å². The van der Waals surface area contributed by atoms with Gasteiger partial charge in [0.1, 0.15) is 0 Å². The van der Waals surface area contributed by atoms with E-state index in [9.17, 15) is 9.00 Å². The molecular weight excluding hydrogens is 250 g/mol. The maximum Gasteiger partial charge on any atom is 0.307 e. The normalized spacial score (nSPS) is 21.2. The summed E-state index contributed by atoms with van der Waals surface area (Å²) < 4.78 is 20.0. The number of esters is 1. The average molecular weight is 275 g/mol. The van der Waals surface area contributed by atoms with Crippen molar-refractivity contribution < 1.29 is 13.7 Å². The Balaban J connectivity index is 2.69. The molecule has 0 saturated heterocycles. The summed E-state index contributed by atoms with van der Waals surface area (Å²) in [4.78, 5) is 11.7. The van der Waals surface area contributed by atoms with E-state index in [0.717, 1.165) is 12.8 Å². The second-order valence-electron chi connectivity index (χ2n) is 6.16. The zero-order valence-electron chi connectivity index (χ0n) is 12.0. The van der Waals surface area contributed by atoms with E-state index < -0.39 is 16.5 Å². The largest absolute Gasteiger partial charge is 0.466 e. The summed E-state index contributed by atoms with van der Waals surface area (Å²) in [6.45, 7) is 9.94. The Hall–Kier alpha value is -0.420. The lowest BCUT2D eigenvalue weighted by molar-refractivity contribution is -0.144. The number of hydrogen-bond acceptors (Lipinski definition) is 3. The van der Waals surface area contributed by atoms with Gasteiger partial charge in [0.05, 0.1) is 28.8 Å². The molecule has 0 spiro atoms. The van der Waals surface area contributed by atoms with Crippen LogP contribution in [-0.4, -0.2) is 27.1 Å². The number of nitrogens with one attached hydrogen (secondary N) is 1. The molecule has 0 heterocycles. The molecule has 0 amide bonds. The molecule has 106 valence electrons. The number of ether oxygens (including phenoxy) is 1. The maximum atomic E-state index is 12.2. The molecule has 0 aromatic rings. The van der Waals surface area contributed by atoms with Gasteiger partial charge in [0.15, 0.2) is 0 Å². The van der Waals surface area contributed by atoms with E-state index in [0.29, 0.717) is 12.5 Å². The molecule has 1 rings (SSSR count). The Kier molecular flexibility index (Phi) is 4.95. The number of rotatable bonds is 6. The number of carbonyl (C=O) groups is 1. The van der Waals surface area contributed by atoms with Gasteiger partial charge >= 0.3 is 5.97 Å². The van der Waals surface area contributed by atoms with Gasteiger partial charge in [-0.05, 0) is 53.4 Å². The predicted octanol–water partition coefficient (Wildman–Crippen LogP) is 2.16. The number of hydrogen-bond donors (Lipinski definition) is 1. The van der Waals surface area contributed by atoms with Crippen LogP contribution >= 0.6 is 0 Å². The van der Waals surface area contributed by atoms with Crippen molar-refractivity contribution in [1.82, 2.24) is 4.72 Å². The minimum Gasteiger partial charge on any atom is -0.466 e. The van der Waals surface area contributed by atoms with Gasteiger partial charge in [0, 0.05) is 5.54 Å². The van der Waals surface area contributed by atoms with E-state index in [1.807, 2.05) is 27.7 Å². The van der Waals surface area contributed by atoms with Crippen LogP contribution in [-0.2, 0) is 20.5 Å². The third-order valence-electron chi connectivity index (χ3n) is 3.18. The molecule has 4 nitrogen and oxygen atoms in total. The molecule has 0 unspecified atom stereocenters. The highest BCUT2D eigenvalue weighted by molar-refractivity contribution is 7.84. The fourth-order valence-corrected chi connectivity index (χ4v) is 2.83. The van der Waals surface area contributed by atoms with Gasteiger partial charge in [-0.3, -0.25) is 4.79 Å². The Labute approximate surface area is 112 Å². The van der Waals surface area contributed by atoms with Crippen LogP contribution in [0.25, 0.3) is 0 Å². The smallest absolute Gasteiger partial charge is 0.307 e. The summed E-state index contributed by atoms with van der Waals surface area (Å²) in [6, 6.07) is 0. The highest BCUT2D eigenvalue weighted by Gasteiger charge is 2.45. The van der Waals surface area contributed by atoms with Gasteiger partial charge in [0.25, 0.3) is 0 Å². The lowest BCUT2D eigenvalue weighted by Crippen LogP contribution is -2.51. The predicted molar refractivity (Wildman–Crippen MR) is 73.4 cm³/mol. The molecule has 0 radical (unpaired) electrons. The fraction of sp³-hybridized carbons (Fsp3) is 0.923. The van der Waals surface area contributed by atoms with Crippen LogP contribution in [0.1, 0.15) is 53.9 Å². The summed E-state index contributed by atoms with van der Waals surface area (Å²) in [5, 5.41) is 0. The lowest BCUT2D eigenvalue weighted by Gasteiger charge is -2.32. The highest BCUT2D eigenvalue weighted by Crippen LogP contribution is 2.42. The van der Waals surface area contributed by atoms with E-state index >= 15 is 0 Å². The van der Waals surface area contributed by atoms with Crippen LogP contribution in [0.3, 0.4) is 0 Å². The fourth-order valence-electron chi connectivity index (χ4n) is 1.86. The zero-order valence-corrected chi connectivity index (χ0v) is 12.9. The second-order valence-corrected chi connectivity index (χ2v) is 8.12. The van der Waals surface area contributed by atoms with Crippen LogP contribution in [0.2, 0.25) is 0 Å². The average Bonchev–Trinajstić information content (AvgIpc) is 2.98. The van der Waals surface area contributed by atoms with Crippen LogP contribution in [0.15, 0.2) is 0 Å². The molecule has 5 heteroatoms. The van der Waals surface area contributed by atoms with E-state index in [2.05, 4.69) is 4.72 Å². The molecule has 1 saturated carbocycles. The summed E-state index contributed by atoms with van der Waals surface area (Å²) >= 11 is 0. The quantitative estimate of drug-likeness (QED) is 0.756. The van der Waals surface area contributed by atoms with Crippen LogP contribution in [0.4, 0.5) is 0 Å². The van der Waals surface area contributed by atoms with Crippen molar-refractivity contribution in [2.45, 2.75) is 64.2 Å². The topological polar surface area (TPSA) is 55.4 Å². The van der Waals surface area contributed by atoms with Crippen LogP contribution in [0.5, 0.6) is 0 Å². The molecule has 18 heavy (non-hydrogen) atoms. The van der Waals surface area contributed by atoms with E-state index in [1.54, 1.807) is 6.92 Å². The molecular formula is C13H25NO3S. The van der Waals surface area contributed by atoms with Crippen LogP contribution in [0, 0.1) is 5.92 Å². The first kappa shape index (κ1) is 15.6. The van der Waals surface area contributed by atoms with Gasteiger partial charge in [0.2, 0.25) is 0 Å². The summed E-state index contributed by atoms with van der Waals surface area (Å²) in [5.74, 6) is 0.207. The highest BCUT2D eigenvalue weighted by atomic mass is 32.2. The Morgan fingerprint density at radius 2 is 1.89 bits per heavy atom. The zero-order chi connectivity index (χ0) is 14.0. The van der Waals surface area contributed by atoms with Gasteiger partial charge in [-0.25, -0.2) is 8.93 Å². The standard InChI is InChI=1S/C13H25NO3S/c1-6-17-11(15)9-13(5,10-7-8-10)14-18(16)12(2,3)4/h10,14H,6-9H2,1-5H3/t13-,18-/m1/s1. The van der Waals surface area contributed by atoms with Gasteiger partial charge in [-0.1, -0.05) is 0 Å². The summed E-state index contributed by atoms with van der Waals surface area (Å²) in [6.07, 6.45) is 2.46. The molecule has 0 aromatic carbocycles. The van der Waals surface area contributed by atoms with Crippen molar-refractivity contribution in [2.75, 3.05) is 6.61 Å². The first-order chi connectivity index (χ1) is 8.19. The minimum absolute atomic E-state index is 0.217. The minimum atomic E-state index is -1.17.